The van der Waals surface area contributed by atoms with Crippen molar-refractivity contribution in [2.45, 2.75) is 63.8 Å². The molecule has 3 aromatic carbocycles. The first kappa shape index (κ1) is 46.5. The number of pyridine rings is 1. The summed E-state index contributed by atoms with van der Waals surface area (Å²) >= 11 is 6.24. The number of nitro benzene ring substituents is 1. The SMILES string of the molecule is CC(Nc1ccc(S(=O)(=O)NC(=O)c2ccc(N3CCN(CC4=C(c5ccc(Cl)cc5)CC(C)(C)CC4)CC3)cc2Oc2cnc3[nH]ccc3c2)cc1[N+](=O)[O-])C1CCS(=O)(=NC#N)CC1. The summed E-state index contributed by atoms with van der Waals surface area (Å²) in [5.41, 5.74) is 5.22. The van der Waals surface area contributed by atoms with Gasteiger partial charge in [-0.15, -0.1) is 4.36 Å². The first-order valence-electron chi connectivity index (χ1n) is 21.9. The van der Waals surface area contributed by atoms with E-state index in [1.54, 1.807) is 30.6 Å². The topological polar surface area (TPSA) is 216 Å². The number of nitrogens with one attached hydrogen (secondary N) is 3. The normalized spacial score (nSPS) is 20.6. The molecule has 1 unspecified atom stereocenters. The summed E-state index contributed by atoms with van der Waals surface area (Å²) in [6.45, 7) is 10.4. The number of benzene rings is 3. The number of hydrogen-bond donors (Lipinski definition) is 3. The number of nitrogens with zero attached hydrogens (tertiary/aromatic N) is 6. The minimum atomic E-state index is -4.64. The van der Waals surface area contributed by atoms with E-state index < -0.39 is 41.2 Å². The van der Waals surface area contributed by atoms with Crippen LogP contribution >= 0.6 is 11.6 Å². The fourth-order valence-corrected chi connectivity index (χ4v) is 12.1. The van der Waals surface area contributed by atoms with Gasteiger partial charge in [0.25, 0.3) is 21.6 Å². The molecule has 346 valence electrons. The molecule has 5 aromatic rings. The summed E-state index contributed by atoms with van der Waals surface area (Å²) in [4.78, 5) is 37.2. The number of nitriles is 1. The second kappa shape index (κ2) is 19.1. The first-order chi connectivity index (χ1) is 31.5. The van der Waals surface area contributed by atoms with Gasteiger partial charge in [-0.1, -0.05) is 43.2 Å². The van der Waals surface area contributed by atoms with Crippen LogP contribution < -0.4 is 19.7 Å². The Morgan fingerprint density at radius 2 is 1.83 bits per heavy atom. The Morgan fingerprint density at radius 1 is 1.09 bits per heavy atom. The van der Waals surface area contributed by atoms with Gasteiger partial charge in [0.05, 0.1) is 31.3 Å². The van der Waals surface area contributed by atoms with E-state index >= 15 is 0 Å². The van der Waals surface area contributed by atoms with Crippen LogP contribution in [0.4, 0.5) is 17.1 Å². The molecular formula is C47H52ClN9O7S2. The Morgan fingerprint density at radius 3 is 2.55 bits per heavy atom. The fraction of sp³-hybridized carbons (Fsp3) is 0.383. The van der Waals surface area contributed by atoms with Crippen LogP contribution in [-0.4, -0.2) is 88.6 Å². The predicted molar refractivity (Wildman–Crippen MR) is 257 cm³/mol. The molecule has 16 nitrogen and oxygen atoms in total. The average Bonchev–Trinajstić information content (AvgIpc) is 3.76. The molecule has 1 amide bonds. The molecule has 2 aromatic heterocycles. The van der Waals surface area contributed by atoms with Crippen molar-refractivity contribution < 1.29 is 27.1 Å². The van der Waals surface area contributed by atoms with E-state index in [1.165, 1.54) is 41.1 Å². The number of fused-ring (bicyclic) bond motifs is 1. The van der Waals surface area contributed by atoms with Crippen molar-refractivity contribution in [2.24, 2.45) is 15.7 Å². The zero-order valence-corrected chi connectivity index (χ0v) is 39.3. The van der Waals surface area contributed by atoms with Gasteiger partial charge < -0.3 is 19.9 Å². The number of amides is 1. The molecule has 1 atom stereocenters. The third kappa shape index (κ3) is 10.7. The number of rotatable bonds is 13. The second-order valence-corrected chi connectivity index (χ2v) is 22.7. The second-order valence-electron chi connectivity index (χ2n) is 18.1. The van der Waals surface area contributed by atoms with Crippen LogP contribution in [0.25, 0.3) is 16.6 Å². The van der Waals surface area contributed by atoms with Crippen molar-refractivity contribution in [3.05, 3.63) is 117 Å². The number of aromatic nitrogens is 2. The Kier molecular flexibility index (Phi) is 13.4. The molecule has 0 spiro atoms. The molecule has 1 aliphatic carbocycles. The van der Waals surface area contributed by atoms with Gasteiger partial charge in [0.15, 0.2) is 0 Å². The molecule has 8 rings (SSSR count). The lowest BCUT2D eigenvalue weighted by Crippen LogP contribution is -2.47. The van der Waals surface area contributed by atoms with E-state index in [4.69, 9.17) is 21.6 Å². The number of piperazine rings is 1. The number of ether oxygens (including phenoxy) is 1. The number of sulfonamides is 1. The molecule has 3 N–H and O–H groups in total. The first-order valence-corrected chi connectivity index (χ1v) is 25.6. The molecule has 66 heavy (non-hydrogen) atoms. The van der Waals surface area contributed by atoms with Crippen molar-refractivity contribution in [3.8, 4) is 17.7 Å². The van der Waals surface area contributed by atoms with Crippen LogP contribution in [-0.2, 0) is 19.8 Å². The van der Waals surface area contributed by atoms with E-state index in [-0.39, 0.29) is 45.9 Å². The lowest BCUT2D eigenvalue weighted by molar-refractivity contribution is -0.384. The number of carbonyl (C=O) groups is 1. The van der Waals surface area contributed by atoms with Gasteiger partial charge in [-0.05, 0) is 110 Å². The number of nitro groups is 1. The van der Waals surface area contributed by atoms with Crippen LogP contribution in [0.5, 0.6) is 11.5 Å². The Bertz CT molecular complexity index is 2970. The molecule has 0 saturated carbocycles. The number of H-pyrrole nitrogens is 1. The number of hydrogen-bond acceptors (Lipinski definition) is 13. The highest BCUT2D eigenvalue weighted by atomic mass is 35.5. The van der Waals surface area contributed by atoms with Crippen LogP contribution in [0.2, 0.25) is 5.02 Å². The van der Waals surface area contributed by atoms with Crippen LogP contribution in [0.15, 0.2) is 100 Å². The van der Waals surface area contributed by atoms with Gasteiger partial charge in [0.2, 0.25) is 6.19 Å². The largest absolute Gasteiger partial charge is 0.455 e. The summed E-state index contributed by atoms with van der Waals surface area (Å²) in [5, 5.41) is 25.8. The summed E-state index contributed by atoms with van der Waals surface area (Å²) in [5.74, 6) is -0.0987. The van der Waals surface area contributed by atoms with Crippen molar-refractivity contribution >= 4 is 70.9 Å². The van der Waals surface area contributed by atoms with E-state index in [0.29, 0.717) is 37.3 Å². The monoisotopic (exact) mass is 953 g/mol. The summed E-state index contributed by atoms with van der Waals surface area (Å²) in [6.07, 6.45) is 9.04. The van der Waals surface area contributed by atoms with Gasteiger partial charge in [-0.2, -0.15) is 5.26 Å². The maximum atomic E-state index is 14.0. The number of anilines is 2. The number of carbonyl (C=O) groups excluding carboxylic acids is 1. The molecule has 3 aliphatic rings. The molecule has 19 heteroatoms. The van der Waals surface area contributed by atoms with Crippen molar-refractivity contribution in [3.63, 3.8) is 0 Å². The number of halogens is 1. The van der Waals surface area contributed by atoms with E-state index in [1.807, 2.05) is 25.1 Å². The van der Waals surface area contributed by atoms with Crippen molar-refractivity contribution in [1.29, 1.82) is 5.26 Å². The van der Waals surface area contributed by atoms with Crippen molar-refractivity contribution in [1.82, 2.24) is 19.6 Å². The van der Waals surface area contributed by atoms with Crippen molar-refractivity contribution in [2.75, 3.05) is 54.4 Å². The zero-order valence-electron chi connectivity index (χ0n) is 37.0. The summed E-state index contributed by atoms with van der Waals surface area (Å²) in [6, 6.07) is 19.8. The Balaban J connectivity index is 0.995. The Hall–Kier alpha value is -6.00. The molecule has 0 bridgehead atoms. The highest BCUT2D eigenvalue weighted by Crippen LogP contribution is 2.43. The Labute approximate surface area is 389 Å². The van der Waals surface area contributed by atoms with E-state index in [2.05, 4.69) is 60.1 Å². The van der Waals surface area contributed by atoms with Gasteiger partial charge in [0, 0.05) is 84.7 Å². The van der Waals surface area contributed by atoms with Gasteiger partial charge in [-0.3, -0.25) is 19.8 Å². The highest BCUT2D eigenvalue weighted by Gasteiger charge is 2.32. The lowest BCUT2D eigenvalue weighted by atomic mass is 9.72. The quantitative estimate of drug-likeness (QED) is 0.0573. The van der Waals surface area contributed by atoms with E-state index in [0.717, 1.165) is 61.1 Å². The lowest BCUT2D eigenvalue weighted by Gasteiger charge is -2.39. The number of aromatic amines is 1. The molecular weight excluding hydrogens is 902 g/mol. The zero-order chi connectivity index (χ0) is 46.8. The molecule has 0 radical (unpaired) electrons. The van der Waals surface area contributed by atoms with Gasteiger partial charge in [-0.25, -0.2) is 22.3 Å². The summed E-state index contributed by atoms with van der Waals surface area (Å²) < 4.78 is 52.3. The fourth-order valence-electron chi connectivity index (χ4n) is 9.11. The molecule has 2 fully saturated rings. The number of allylic oxidation sites excluding steroid dienone is 1. The maximum Gasteiger partial charge on any atom is 0.293 e. The van der Waals surface area contributed by atoms with Crippen LogP contribution in [0.3, 0.4) is 0 Å². The predicted octanol–water partition coefficient (Wildman–Crippen LogP) is 8.98. The third-order valence-corrected chi connectivity index (χ3v) is 16.7. The van der Waals surface area contributed by atoms with Crippen LogP contribution in [0.1, 0.15) is 68.8 Å². The molecule has 4 heterocycles. The average molecular weight is 955 g/mol. The third-order valence-electron chi connectivity index (χ3n) is 13.0. The smallest absolute Gasteiger partial charge is 0.293 e. The highest BCUT2D eigenvalue weighted by molar-refractivity contribution is 7.93. The summed E-state index contributed by atoms with van der Waals surface area (Å²) in [7, 11) is -7.23. The standard InChI is InChI=1S/C47H52ClN9O7S2/c1-31(32-14-22-65(61,23-15-32)52-30-49)53-42-11-9-39(26-43(42)57(59)60)66(62,63)54-46(58)40-10-8-37(25-44(40)64-38-24-34-13-17-50-45(34)51-28-38)56-20-18-55(19-21-56)29-35-12-16-47(2,3)27-41(35)33-4-6-36(48)7-5-33/h4-11,13,17,24-26,28,31-32,53H,12,14-16,18-23,27,29H2,1-3H3,(H,50,51)(H,54,58). The maximum absolute atomic E-state index is 14.0. The van der Waals surface area contributed by atoms with Gasteiger partial charge >= 0.3 is 0 Å². The molecule has 2 saturated heterocycles. The molecule has 2 aliphatic heterocycles. The van der Waals surface area contributed by atoms with Crippen LogP contribution in [0, 0.1) is 32.9 Å². The minimum absolute atomic E-state index is 0.0177. The van der Waals surface area contributed by atoms with Gasteiger partial charge in [0.1, 0.15) is 22.8 Å². The minimum Gasteiger partial charge on any atom is -0.455 e. The van der Waals surface area contributed by atoms with E-state index in [9.17, 15) is 27.5 Å².